The average Bonchev–Trinajstić information content (AvgIpc) is 3.48. The van der Waals surface area contributed by atoms with Crippen LogP contribution in [-0.2, 0) is 32.7 Å². The molecule has 0 amide bonds. The molecule has 0 saturated heterocycles. The fourth-order valence-corrected chi connectivity index (χ4v) is 12.1. The number of ether oxygens (including phenoxy) is 2. The molecular formula is C73H145NO8P+. The first-order valence-corrected chi connectivity index (χ1v) is 38.4. The molecular weight excluding hydrogens is 1050 g/mol. The van der Waals surface area contributed by atoms with Crippen LogP contribution >= 0.6 is 7.82 Å². The summed E-state index contributed by atoms with van der Waals surface area (Å²) >= 11 is 0. The van der Waals surface area contributed by atoms with E-state index in [0.717, 1.165) is 38.5 Å². The summed E-state index contributed by atoms with van der Waals surface area (Å²) in [7, 11) is 1.51. The standard InChI is InChI=1S/C73H144NO8P/c1-6-8-10-12-14-16-18-20-22-24-26-28-29-30-31-32-33-34-35-36-37-38-39-40-41-42-43-44-45-46-48-50-52-54-56-58-60-62-64-66-73(76)82-71(70-81-83(77,78)80-68-67-74(3,4)5)69-79-72(75)65-63-61-59-57-55-53-51-49-47-27-25-23-21-19-17-15-13-11-9-7-2/h24,26,71H,6-23,25,27-70H2,1-5H3/p+1/b26-24-. The number of hydrogen-bond donors (Lipinski definition) is 1. The maximum absolute atomic E-state index is 12.9. The van der Waals surface area contributed by atoms with Gasteiger partial charge in [-0.25, -0.2) is 4.57 Å². The molecule has 10 heteroatoms. The number of quaternary nitrogens is 1. The first kappa shape index (κ1) is 81.8. The van der Waals surface area contributed by atoms with Gasteiger partial charge in [-0.3, -0.25) is 18.6 Å². The van der Waals surface area contributed by atoms with Crippen molar-refractivity contribution in [1.29, 1.82) is 0 Å². The molecule has 0 aliphatic rings. The molecule has 0 aromatic heterocycles. The summed E-state index contributed by atoms with van der Waals surface area (Å²) in [5, 5.41) is 0. The van der Waals surface area contributed by atoms with Crippen molar-refractivity contribution in [2.45, 2.75) is 399 Å². The van der Waals surface area contributed by atoms with Crippen molar-refractivity contribution < 1.29 is 42.1 Å². The van der Waals surface area contributed by atoms with Crippen LogP contribution in [0.15, 0.2) is 12.2 Å². The Bertz CT molecular complexity index is 1400. The van der Waals surface area contributed by atoms with Crippen LogP contribution in [0.1, 0.15) is 393 Å². The summed E-state index contributed by atoms with van der Waals surface area (Å²) in [4.78, 5) is 35.8. The lowest BCUT2D eigenvalue weighted by Crippen LogP contribution is -2.37. The van der Waals surface area contributed by atoms with Gasteiger partial charge >= 0.3 is 19.8 Å². The van der Waals surface area contributed by atoms with E-state index in [2.05, 4.69) is 26.0 Å². The summed E-state index contributed by atoms with van der Waals surface area (Å²) in [5.41, 5.74) is 0. The number of esters is 2. The summed E-state index contributed by atoms with van der Waals surface area (Å²) in [6, 6.07) is 0. The number of nitrogens with zero attached hydrogens (tertiary/aromatic N) is 1. The molecule has 0 fully saturated rings. The molecule has 0 aromatic rings. The quantitative estimate of drug-likeness (QED) is 0.0211. The Labute approximate surface area is 517 Å². The van der Waals surface area contributed by atoms with Crippen LogP contribution < -0.4 is 0 Å². The van der Waals surface area contributed by atoms with Crippen molar-refractivity contribution in [2.75, 3.05) is 47.5 Å². The van der Waals surface area contributed by atoms with Gasteiger partial charge in [-0.1, -0.05) is 353 Å². The van der Waals surface area contributed by atoms with Crippen molar-refractivity contribution in [3.63, 3.8) is 0 Å². The van der Waals surface area contributed by atoms with Crippen LogP contribution in [0.4, 0.5) is 0 Å². The lowest BCUT2D eigenvalue weighted by atomic mass is 10.0. The molecule has 0 aliphatic carbocycles. The zero-order valence-corrected chi connectivity index (χ0v) is 57.4. The van der Waals surface area contributed by atoms with E-state index in [0.29, 0.717) is 17.4 Å². The number of unbranched alkanes of at least 4 members (excludes halogenated alkanes) is 54. The maximum atomic E-state index is 12.9. The van der Waals surface area contributed by atoms with Crippen molar-refractivity contribution in [3.8, 4) is 0 Å². The highest BCUT2D eigenvalue weighted by molar-refractivity contribution is 7.47. The maximum Gasteiger partial charge on any atom is 0.472 e. The van der Waals surface area contributed by atoms with Crippen molar-refractivity contribution >= 4 is 19.8 Å². The molecule has 0 spiro atoms. The van der Waals surface area contributed by atoms with Crippen LogP contribution in [0.2, 0.25) is 0 Å². The van der Waals surface area contributed by atoms with Crippen molar-refractivity contribution in [1.82, 2.24) is 0 Å². The van der Waals surface area contributed by atoms with Gasteiger partial charge in [0.25, 0.3) is 0 Å². The number of rotatable bonds is 70. The van der Waals surface area contributed by atoms with Gasteiger partial charge in [-0.2, -0.15) is 0 Å². The van der Waals surface area contributed by atoms with Gasteiger partial charge in [0.05, 0.1) is 27.7 Å². The third kappa shape index (κ3) is 69.7. The Morgan fingerprint density at radius 2 is 0.614 bits per heavy atom. The first-order chi connectivity index (χ1) is 40.5. The number of carbonyl (C=O) groups is 2. The van der Waals surface area contributed by atoms with Gasteiger partial charge in [0.2, 0.25) is 0 Å². The second-order valence-electron chi connectivity index (χ2n) is 26.7. The monoisotopic (exact) mass is 1200 g/mol. The van der Waals surface area contributed by atoms with Crippen LogP contribution in [-0.4, -0.2) is 74.9 Å². The minimum absolute atomic E-state index is 0.0370. The number of likely N-dealkylation sites (N-methyl/N-ethyl adjacent to an activating group) is 1. The molecule has 9 nitrogen and oxygen atoms in total. The highest BCUT2D eigenvalue weighted by Gasteiger charge is 2.27. The zero-order valence-electron chi connectivity index (χ0n) is 56.5. The van der Waals surface area contributed by atoms with Crippen molar-refractivity contribution in [3.05, 3.63) is 12.2 Å². The third-order valence-corrected chi connectivity index (χ3v) is 18.0. The van der Waals surface area contributed by atoms with E-state index >= 15 is 0 Å². The zero-order chi connectivity index (χ0) is 60.5. The largest absolute Gasteiger partial charge is 0.472 e. The molecule has 0 bridgehead atoms. The minimum Gasteiger partial charge on any atom is -0.462 e. The molecule has 0 heterocycles. The van der Waals surface area contributed by atoms with E-state index < -0.39 is 26.5 Å². The van der Waals surface area contributed by atoms with Crippen molar-refractivity contribution in [2.24, 2.45) is 0 Å². The van der Waals surface area contributed by atoms with E-state index in [1.807, 2.05) is 21.1 Å². The Morgan fingerprint density at radius 3 is 0.892 bits per heavy atom. The summed E-state index contributed by atoms with van der Waals surface area (Å²) in [6.45, 7) is 4.52. The van der Waals surface area contributed by atoms with Gasteiger partial charge in [0, 0.05) is 12.8 Å². The Hall–Kier alpha value is -1.25. The summed E-state index contributed by atoms with van der Waals surface area (Å²) < 4.78 is 34.7. The number of carbonyl (C=O) groups excluding carboxylic acids is 2. The molecule has 1 N–H and O–H groups in total. The van der Waals surface area contributed by atoms with E-state index in [4.69, 9.17) is 18.5 Å². The average molecular weight is 1200 g/mol. The highest BCUT2D eigenvalue weighted by atomic mass is 31.2. The lowest BCUT2D eigenvalue weighted by Gasteiger charge is -2.24. The molecule has 494 valence electrons. The summed E-state index contributed by atoms with van der Waals surface area (Å²) in [5.74, 6) is -0.769. The van der Waals surface area contributed by atoms with Crippen LogP contribution in [0.25, 0.3) is 0 Å². The minimum atomic E-state index is -4.38. The van der Waals surface area contributed by atoms with E-state index in [-0.39, 0.29) is 25.6 Å². The second kappa shape index (κ2) is 65.2. The molecule has 0 radical (unpaired) electrons. The molecule has 0 saturated carbocycles. The molecule has 83 heavy (non-hydrogen) atoms. The van der Waals surface area contributed by atoms with E-state index in [1.165, 1.54) is 327 Å². The van der Waals surface area contributed by atoms with Gasteiger partial charge in [-0.05, 0) is 38.5 Å². The second-order valence-corrected chi connectivity index (χ2v) is 28.1. The number of hydrogen-bond acceptors (Lipinski definition) is 7. The van der Waals surface area contributed by atoms with Crippen LogP contribution in [0.3, 0.4) is 0 Å². The highest BCUT2D eigenvalue weighted by Crippen LogP contribution is 2.43. The topological polar surface area (TPSA) is 108 Å². The number of allylic oxidation sites excluding steroid dienone is 2. The molecule has 0 aliphatic heterocycles. The fraction of sp³-hybridized carbons (Fsp3) is 0.945. The Kier molecular flexibility index (Phi) is 64.2. The van der Waals surface area contributed by atoms with Gasteiger partial charge < -0.3 is 18.9 Å². The van der Waals surface area contributed by atoms with Crippen LogP contribution in [0, 0.1) is 0 Å². The third-order valence-electron chi connectivity index (χ3n) is 17.0. The van der Waals surface area contributed by atoms with E-state index in [1.54, 1.807) is 0 Å². The Morgan fingerprint density at radius 1 is 0.361 bits per heavy atom. The van der Waals surface area contributed by atoms with E-state index in [9.17, 15) is 19.0 Å². The number of phosphoric acid groups is 1. The predicted molar refractivity (Wildman–Crippen MR) is 358 cm³/mol. The normalized spacial score (nSPS) is 13.1. The predicted octanol–water partition coefficient (Wildman–Crippen LogP) is 23.9. The number of phosphoric ester groups is 1. The molecule has 2 unspecified atom stereocenters. The summed E-state index contributed by atoms with van der Waals surface area (Å²) in [6.07, 6.45) is 80.6. The fourth-order valence-electron chi connectivity index (χ4n) is 11.4. The van der Waals surface area contributed by atoms with Gasteiger partial charge in [0.15, 0.2) is 6.10 Å². The van der Waals surface area contributed by atoms with Crippen LogP contribution in [0.5, 0.6) is 0 Å². The first-order valence-electron chi connectivity index (χ1n) is 36.9. The molecule has 2 atom stereocenters. The smallest absolute Gasteiger partial charge is 0.462 e. The SMILES string of the molecule is CCCCCCCCCC/C=C\CCCCCCCCCCCCCCCCCCCCCCCCCCCCCC(=O)OC(COC(=O)CCCCCCCCCCCCCCCCCCCCCC)COP(=O)(O)OCC[N+](C)(C)C. The van der Waals surface area contributed by atoms with Gasteiger partial charge in [0.1, 0.15) is 19.8 Å². The lowest BCUT2D eigenvalue weighted by molar-refractivity contribution is -0.870. The molecule has 0 rings (SSSR count). The Balaban J connectivity index is 3.87. The van der Waals surface area contributed by atoms with Gasteiger partial charge in [-0.15, -0.1) is 0 Å². The molecule has 0 aromatic carbocycles.